The first-order valence-corrected chi connectivity index (χ1v) is 16.8. The van der Waals surface area contributed by atoms with Gasteiger partial charge in [0.15, 0.2) is 5.11 Å². The van der Waals surface area contributed by atoms with E-state index in [4.69, 9.17) is 17.0 Å². The van der Waals surface area contributed by atoms with Gasteiger partial charge in [-0.25, -0.2) is 5.01 Å². The molecule has 0 unspecified atom stereocenters. The summed E-state index contributed by atoms with van der Waals surface area (Å²) in [5.41, 5.74) is 8.56. The summed E-state index contributed by atoms with van der Waals surface area (Å²) in [5.74, 6) is 1.26. The summed E-state index contributed by atoms with van der Waals surface area (Å²) < 4.78 is 6.80. The number of nitrogens with one attached hydrogen (secondary N) is 2. The van der Waals surface area contributed by atoms with Crippen LogP contribution in [0.1, 0.15) is 54.7 Å². The molecule has 0 saturated heterocycles. The van der Waals surface area contributed by atoms with E-state index < -0.39 is 5.54 Å². The Morgan fingerprint density at radius 1 is 0.723 bits per heavy atom. The first-order chi connectivity index (χ1) is 22.9. The van der Waals surface area contributed by atoms with Crippen LogP contribution in [0, 0.1) is 0 Å². The third-order valence-corrected chi connectivity index (χ3v) is 9.72. The van der Waals surface area contributed by atoms with Crippen molar-refractivity contribution in [1.82, 2.24) is 10.4 Å². The summed E-state index contributed by atoms with van der Waals surface area (Å²) in [6.07, 6.45) is 0. The molecule has 2 N–H and O–H groups in total. The highest BCUT2D eigenvalue weighted by atomic mass is 32.1. The number of benzene rings is 5. The van der Waals surface area contributed by atoms with Crippen molar-refractivity contribution in [3.05, 3.63) is 125 Å². The Labute approximate surface area is 281 Å². The number of amides is 1. The zero-order valence-corrected chi connectivity index (χ0v) is 28.0. The number of nitrogens with zero attached hydrogens (tertiary/aromatic N) is 3. The summed E-state index contributed by atoms with van der Waals surface area (Å²) in [7, 11) is 0. The van der Waals surface area contributed by atoms with E-state index in [1.54, 1.807) is 5.01 Å². The average Bonchev–Trinajstić information content (AvgIpc) is 3.33. The summed E-state index contributed by atoms with van der Waals surface area (Å²) in [6, 6.07) is 34.7. The summed E-state index contributed by atoms with van der Waals surface area (Å²) in [4.78, 5) is 19.1. The fourth-order valence-electron chi connectivity index (χ4n) is 7.25. The number of carbonyl (C=O) groups excluding carboxylic acids is 1. The highest BCUT2D eigenvalue weighted by Crippen LogP contribution is 2.57. The van der Waals surface area contributed by atoms with Crippen molar-refractivity contribution in [2.45, 2.75) is 33.2 Å². The Hall–Kier alpha value is -5.08. The van der Waals surface area contributed by atoms with E-state index in [-0.39, 0.29) is 5.91 Å². The number of hydrogen-bond acceptors (Lipinski definition) is 5. The molecule has 2 aliphatic rings. The highest BCUT2D eigenvalue weighted by molar-refractivity contribution is 7.80. The van der Waals surface area contributed by atoms with Gasteiger partial charge in [0.2, 0.25) is 0 Å². The molecule has 0 bridgehead atoms. The van der Waals surface area contributed by atoms with Crippen molar-refractivity contribution in [2.24, 2.45) is 0 Å². The molecule has 47 heavy (non-hydrogen) atoms. The first kappa shape index (κ1) is 30.6. The van der Waals surface area contributed by atoms with Gasteiger partial charge in [0, 0.05) is 83.0 Å². The Morgan fingerprint density at radius 2 is 1.30 bits per heavy atom. The van der Waals surface area contributed by atoms with E-state index in [0.717, 1.165) is 70.7 Å². The SMILES string of the molecule is CCN(CC)c1ccc2c(c1)Oc1cc(N(CC)CC)ccc1C21c2ccccc2C(=O)N1NC(=S)Nc1cccc2ccccc12. The minimum atomic E-state index is -1.05. The molecule has 5 aromatic rings. The van der Waals surface area contributed by atoms with Gasteiger partial charge in [-0.3, -0.25) is 10.2 Å². The second-order valence-corrected chi connectivity index (χ2v) is 12.2. The van der Waals surface area contributed by atoms with Crippen LogP contribution in [-0.4, -0.2) is 42.2 Å². The van der Waals surface area contributed by atoms with E-state index in [0.29, 0.717) is 22.2 Å². The quantitative estimate of drug-likeness (QED) is 0.165. The van der Waals surface area contributed by atoms with Crippen LogP contribution in [-0.2, 0) is 5.54 Å². The number of hydrazine groups is 1. The molecule has 2 heterocycles. The molecule has 0 aliphatic carbocycles. The molecule has 8 heteroatoms. The molecule has 1 amide bonds. The molecule has 0 atom stereocenters. The van der Waals surface area contributed by atoms with E-state index in [9.17, 15) is 4.79 Å². The Kier molecular flexibility index (Phi) is 7.98. The Bertz CT molecular complexity index is 1930. The summed E-state index contributed by atoms with van der Waals surface area (Å²) in [6.45, 7) is 12.1. The van der Waals surface area contributed by atoms with Crippen LogP contribution in [0.25, 0.3) is 10.8 Å². The lowest BCUT2D eigenvalue weighted by Gasteiger charge is -2.44. The van der Waals surface area contributed by atoms with Gasteiger partial charge >= 0.3 is 0 Å². The molecular formula is C39H39N5O2S. The van der Waals surface area contributed by atoms with Crippen LogP contribution in [0.2, 0.25) is 0 Å². The summed E-state index contributed by atoms with van der Waals surface area (Å²) in [5, 5.41) is 7.55. The van der Waals surface area contributed by atoms with Crippen molar-refractivity contribution < 1.29 is 9.53 Å². The van der Waals surface area contributed by atoms with Crippen LogP contribution in [0.3, 0.4) is 0 Å². The zero-order chi connectivity index (χ0) is 32.7. The van der Waals surface area contributed by atoms with E-state index >= 15 is 0 Å². The zero-order valence-electron chi connectivity index (χ0n) is 27.2. The van der Waals surface area contributed by atoms with Crippen LogP contribution < -0.4 is 25.3 Å². The maximum Gasteiger partial charge on any atom is 0.274 e. The Morgan fingerprint density at radius 3 is 1.94 bits per heavy atom. The molecule has 5 aromatic carbocycles. The lowest BCUT2D eigenvalue weighted by Crippen LogP contribution is -2.56. The predicted molar refractivity (Wildman–Crippen MR) is 196 cm³/mol. The van der Waals surface area contributed by atoms with Crippen LogP contribution in [0.4, 0.5) is 17.1 Å². The number of anilines is 3. The number of ether oxygens (including phenoxy) is 1. The number of rotatable bonds is 8. The summed E-state index contributed by atoms with van der Waals surface area (Å²) >= 11 is 5.96. The van der Waals surface area contributed by atoms with Gasteiger partial charge in [0.05, 0.1) is 0 Å². The van der Waals surface area contributed by atoms with Crippen LogP contribution in [0.15, 0.2) is 103 Å². The van der Waals surface area contributed by atoms with Gasteiger partial charge in [0.25, 0.3) is 5.91 Å². The third kappa shape index (κ3) is 4.86. The number of fused-ring (bicyclic) bond motifs is 7. The van der Waals surface area contributed by atoms with Gasteiger partial charge in [0.1, 0.15) is 17.0 Å². The Balaban J connectivity index is 1.41. The monoisotopic (exact) mass is 641 g/mol. The average molecular weight is 642 g/mol. The minimum absolute atomic E-state index is 0.165. The fourth-order valence-corrected chi connectivity index (χ4v) is 7.45. The minimum Gasteiger partial charge on any atom is -0.456 e. The maximum absolute atomic E-state index is 14.5. The van der Waals surface area contributed by atoms with Crippen molar-refractivity contribution in [1.29, 1.82) is 0 Å². The highest BCUT2D eigenvalue weighted by Gasteiger charge is 2.57. The lowest BCUT2D eigenvalue weighted by atomic mass is 9.75. The van der Waals surface area contributed by atoms with Crippen molar-refractivity contribution in [3.63, 3.8) is 0 Å². The normalized spacial score (nSPS) is 13.9. The standard InChI is InChI=1S/C39H39N5O2S/c1-5-42(6-2)27-20-22-32-35(24-27)46-36-25-28(43(7-3)8-4)21-23-33(36)39(32)31-18-12-11-17-30(31)37(45)44(39)41-38(47)40-34-19-13-15-26-14-9-10-16-29(26)34/h9-25H,5-8H2,1-4H3,(H2,40,41,47). The van der Waals surface area contributed by atoms with Crippen molar-refractivity contribution in [2.75, 3.05) is 41.3 Å². The molecule has 0 saturated carbocycles. The van der Waals surface area contributed by atoms with Gasteiger partial charge in [-0.2, -0.15) is 0 Å². The van der Waals surface area contributed by atoms with E-state index in [2.05, 4.69) is 103 Å². The fraction of sp³-hybridized carbons (Fsp3) is 0.231. The van der Waals surface area contributed by atoms with Crippen molar-refractivity contribution in [3.8, 4) is 11.5 Å². The molecule has 238 valence electrons. The molecule has 7 nitrogen and oxygen atoms in total. The lowest BCUT2D eigenvalue weighted by molar-refractivity contribution is 0.0595. The molecule has 0 fully saturated rings. The van der Waals surface area contributed by atoms with E-state index in [1.807, 2.05) is 48.5 Å². The number of carbonyl (C=O) groups is 1. The topological polar surface area (TPSA) is 60.1 Å². The van der Waals surface area contributed by atoms with E-state index in [1.165, 1.54) is 0 Å². The molecular weight excluding hydrogens is 603 g/mol. The molecule has 0 radical (unpaired) electrons. The predicted octanol–water partition coefficient (Wildman–Crippen LogP) is 8.29. The van der Waals surface area contributed by atoms with Gasteiger partial charge in [-0.1, -0.05) is 66.7 Å². The third-order valence-electron chi connectivity index (χ3n) is 9.52. The second-order valence-electron chi connectivity index (χ2n) is 11.8. The van der Waals surface area contributed by atoms with Gasteiger partial charge < -0.3 is 19.9 Å². The number of hydrogen-bond donors (Lipinski definition) is 2. The largest absolute Gasteiger partial charge is 0.456 e. The van der Waals surface area contributed by atoms with Gasteiger partial charge in [-0.15, -0.1) is 0 Å². The first-order valence-electron chi connectivity index (χ1n) is 16.4. The van der Waals surface area contributed by atoms with Crippen LogP contribution in [0.5, 0.6) is 11.5 Å². The molecule has 0 aromatic heterocycles. The van der Waals surface area contributed by atoms with Crippen LogP contribution >= 0.6 is 12.2 Å². The number of thiocarbonyl (C=S) groups is 1. The second kappa shape index (κ2) is 12.3. The molecule has 7 rings (SSSR count). The van der Waals surface area contributed by atoms with Crippen molar-refractivity contribution >= 4 is 51.1 Å². The van der Waals surface area contributed by atoms with Gasteiger partial charge in [-0.05, 0) is 69.6 Å². The smallest absolute Gasteiger partial charge is 0.274 e. The maximum atomic E-state index is 14.5. The molecule has 2 aliphatic heterocycles. The molecule has 1 spiro atoms.